The van der Waals surface area contributed by atoms with Crippen LogP contribution in [-0.2, 0) is 9.53 Å². The van der Waals surface area contributed by atoms with Crippen LogP contribution in [0.5, 0.6) is 0 Å². The number of carbonyl (C=O) groups is 2. The monoisotopic (exact) mass is 450 g/mol. The van der Waals surface area contributed by atoms with E-state index in [1.165, 1.54) is 11.3 Å². The van der Waals surface area contributed by atoms with E-state index in [1.54, 1.807) is 13.8 Å². The second-order valence-corrected chi connectivity index (χ2v) is 8.83. The van der Waals surface area contributed by atoms with E-state index < -0.39 is 5.97 Å². The Morgan fingerprint density at radius 1 is 1.32 bits per heavy atom. The molecule has 0 bridgehead atoms. The fraction of sp³-hybridized carbons (Fsp3) is 0.636. The summed E-state index contributed by atoms with van der Waals surface area (Å²) in [6.07, 6.45) is 2.24. The second kappa shape index (κ2) is 11.4. The first-order valence-electron chi connectivity index (χ1n) is 10.8. The molecule has 0 aromatic carbocycles. The van der Waals surface area contributed by atoms with Crippen LogP contribution < -0.4 is 10.2 Å². The molecule has 2 N–H and O–H groups in total. The molecule has 0 radical (unpaired) electrons. The summed E-state index contributed by atoms with van der Waals surface area (Å²) < 4.78 is 6.05. The van der Waals surface area contributed by atoms with E-state index >= 15 is 0 Å². The number of thiazole rings is 1. The van der Waals surface area contributed by atoms with Crippen molar-refractivity contribution < 1.29 is 19.4 Å². The summed E-state index contributed by atoms with van der Waals surface area (Å²) in [7, 11) is 0. The van der Waals surface area contributed by atoms with E-state index in [9.17, 15) is 14.7 Å². The van der Waals surface area contributed by atoms with Crippen LogP contribution in [-0.4, -0.2) is 59.5 Å². The molecule has 31 heavy (non-hydrogen) atoms. The van der Waals surface area contributed by atoms with Gasteiger partial charge in [-0.25, -0.2) is 9.78 Å². The van der Waals surface area contributed by atoms with Crippen LogP contribution >= 0.6 is 11.3 Å². The molecule has 0 aliphatic carbocycles. The van der Waals surface area contributed by atoms with Crippen molar-refractivity contribution in [1.82, 2.24) is 10.3 Å². The van der Waals surface area contributed by atoms with Crippen molar-refractivity contribution in [3.63, 3.8) is 0 Å². The number of anilines is 1. The third-order valence-corrected chi connectivity index (χ3v) is 6.68. The number of aromatic carboxylic acids is 1. The number of amides is 1. The number of aliphatic imine (C=N–C) groups is 1. The largest absolute Gasteiger partial charge is 0.477 e. The molecule has 0 spiro atoms. The van der Waals surface area contributed by atoms with Crippen LogP contribution in [0.4, 0.5) is 5.13 Å². The molecule has 172 valence electrons. The normalized spacial score (nSPS) is 20.5. The number of nitrogens with one attached hydrogen (secondary N) is 1. The Balaban J connectivity index is 2.13. The second-order valence-electron chi connectivity index (χ2n) is 7.86. The third-order valence-electron chi connectivity index (χ3n) is 5.47. The standard InChI is InChI=1S/C22H34N4O4S/c1-7-11-30-18-12-26(22-24-15(5)19(31-22)21(28)29)10-9-17(18)25-20(27)16(6)23-14(4)13(3)8-2/h17-18H,7-12H2,1-6H3,(H,25,27)(H,28,29)/b14-13+,23-16?. The number of carbonyl (C=O) groups excluding carboxylic acids is 1. The number of aryl methyl sites for hydroxylation is 1. The predicted molar refractivity (Wildman–Crippen MR) is 124 cm³/mol. The molecule has 1 fully saturated rings. The lowest BCUT2D eigenvalue weighted by molar-refractivity contribution is -0.117. The highest BCUT2D eigenvalue weighted by molar-refractivity contribution is 7.17. The van der Waals surface area contributed by atoms with E-state index in [1.807, 2.05) is 25.7 Å². The highest BCUT2D eigenvalue weighted by atomic mass is 32.1. The molecule has 1 aromatic rings. The maximum absolute atomic E-state index is 12.7. The average Bonchev–Trinajstić information content (AvgIpc) is 3.14. The molecule has 1 saturated heterocycles. The Bertz CT molecular complexity index is 862. The summed E-state index contributed by atoms with van der Waals surface area (Å²) in [5.74, 6) is -1.15. The van der Waals surface area contributed by atoms with Gasteiger partial charge < -0.3 is 20.1 Å². The highest BCUT2D eigenvalue weighted by Crippen LogP contribution is 2.29. The van der Waals surface area contributed by atoms with Crippen molar-refractivity contribution >= 4 is 34.1 Å². The molecule has 2 atom stereocenters. The number of aromatic nitrogens is 1. The molecule has 1 amide bonds. The zero-order chi connectivity index (χ0) is 23.1. The van der Waals surface area contributed by atoms with Gasteiger partial charge in [0, 0.05) is 25.4 Å². The Kier molecular flexibility index (Phi) is 9.18. The maximum Gasteiger partial charge on any atom is 0.347 e. The number of ether oxygens (including phenoxy) is 1. The highest BCUT2D eigenvalue weighted by Gasteiger charge is 2.33. The van der Waals surface area contributed by atoms with Crippen LogP contribution in [0.2, 0.25) is 0 Å². The Morgan fingerprint density at radius 2 is 2.03 bits per heavy atom. The van der Waals surface area contributed by atoms with Crippen LogP contribution in [0.1, 0.15) is 69.2 Å². The Morgan fingerprint density at radius 3 is 2.61 bits per heavy atom. The van der Waals surface area contributed by atoms with Crippen LogP contribution in [0.3, 0.4) is 0 Å². The van der Waals surface area contributed by atoms with Gasteiger partial charge in [0.2, 0.25) is 0 Å². The van der Waals surface area contributed by atoms with E-state index in [4.69, 9.17) is 4.74 Å². The molecule has 2 rings (SSSR count). The van der Waals surface area contributed by atoms with Crippen molar-refractivity contribution in [2.75, 3.05) is 24.6 Å². The number of allylic oxidation sites excluding steroid dienone is 2. The first-order chi connectivity index (χ1) is 14.7. The Labute approximate surface area is 188 Å². The van der Waals surface area contributed by atoms with Gasteiger partial charge >= 0.3 is 5.97 Å². The first-order valence-corrected chi connectivity index (χ1v) is 11.6. The van der Waals surface area contributed by atoms with Crippen molar-refractivity contribution in [2.45, 2.75) is 73.0 Å². The first kappa shape index (κ1) is 25.0. The van der Waals surface area contributed by atoms with Gasteiger partial charge in [0.1, 0.15) is 10.6 Å². The Hall–Kier alpha value is -2.26. The fourth-order valence-corrected chi connectivity index (χ4v) is 4.28. The minimum Gasteiger partial charge on any atom is -0.477 e. The van der Waals surface area contributed by atoms with Gasteiger partial charge in [-0.3, -0.25) is 9.79 Å². The molecular weight excluding hydrogens is 416 g/mol. The summed E-state index contributed by atoms with van der Waals surface area (Å²) in [4.78, 5) is 35.3. The lowest BCUT2D eigenvalue weighted by Gasteiger charge is -2.38. The maximum atomic E-state index is 12.7. The molecule has 2 unspecified atom stereocenters. The molecule has 8 nitrogen and oxygen atoms in total. The summed E-state index contributed by atoms with van der Waals surface area (Å²) in [6.45, 7) is 13.3. The van der Waals surface area contributed by atoms with E-state index in [0.29, 0.717) is 42.7 Å². The molecule has 2 heterocycles. The lowest BCUT2D eigenvalue weighted by Crippen LogP contribution is -2.56. The number of nitrogens with zero attached hydrogens (tertiary/aromatic N) is 3. The quantitative estimate of drug-likeness (QED) is 0.555. The fourth-order valence-electron chi connectivity index (χ4n) is 3.34. The zero-order valence-electron chi connectivity index (χ0n) is 19.3. The molecule has 0 saturated carbocycles. The van der Waals surface area contributed by atoms with E-state index in [2.05, 4.69) is 22.2 Å². The number of piperidine rings is 1. The molecule has 1 aliphatic heterocycles. The number of rotatable bonds is 9. The van der Waals surface area contributed by atoms with Gasteiger partial charge in [0.05, 0.1) is 17.8 Å². The van der Waals surface area contributed by atoms with Crippen LogP contribution in [0.25, 0.3) is 0 Å². The molecule has 1 aromatic heterocycles. The summed E-state index contributed by atoms with van der Waals surface area (Å²) in [6, 6.07) is -0.142. The summed E-state index contributed by atoms with van der Waals surface area (Å²) in [5, 5.41) is 13.1. The van der Waals surface area contributed by atoms with Crippen molar-refractivity contribution in [1.29, 1.82) is 0 Å². The van der Waals surface area contributed by atoms with E-state index in [0.717, 1.165) is 24.1 Å². The third kappa shape index (κ3) is 6.61. The SMILES string of the molecule is CCCOC1CN(c2nc(C)c(C(=O)O)s2)CCC1NC(=O)C(C)=N/C(C)=C(\C)CC. The van der Waals surface area contributed by atoms with Crippen molar-refractivity contribution in [3.8, 4) is 0 Å². The van der Waals surface area contributed by atoms with Crippen LogP contribution in [0.15, 0.2) is 16.3 Å². The predicted octanol–water partition coefficient (Wildman–Crippen LogP) is 3.80. The number of hydrogen-bond acceptors (Lipinski definition) is 7. The van der Waals surface area contributed by atoms with Gasteiger partial charge in [-0.05, 0) is 47.0 Å². The molecular formula is C22H34N4O4S. The smallest absolute Gasteiger partial charge is 0.347 e. The minimum atomic E-state index is -0.959. The van der Waals surface area contributed by atoms with Crippen molar-refractivity contribution in [2.24, 2.45) is 4.99 Å². The number of carboxylic acid groups (broad SMARTS) is 1. The summed E-state index contributed by atoms with van der Waals surface area (Å²) >= 11 is 1.18. The van der Waals surface area contributed by atoms with Gasteiger partial charge in [-0.1, -0.05) is 30.8 Å². The van der Waals surface area contributed by atoms with Gasteiger partial charge in [-0.15, -0.1) is 0 Å². The average molecular weight is 451 g/mol. The van der Waals surface area contributed by atoms with Gasteiger partial charge in [-0.2, -0.15) is 0 Å². The zero-order valence-corrected chi connectivity index (χ0v) is 20.1. The summed E-state index contributed by atoms with van der Waals surface area (Å²) in [5.41, 5.74) is 2.98. The number of carboxylic acids is 1. The lowest BCUT2D eigenvalue weighted by atomic mass is 10.0. The molecule has 9 heteroatoms. The van der Waals surface area contributed by atoms with Gasteiger partial charge in [0.25, 0.3) is 5.91 Å². The minimum absolute atomic E-state index is 0.142. The van der Waals surface area contributed by atoms with Crippen molar-refractivity contribution in [3.05, 3.63) is 21.8 Å². The van der Waals surface area contributed by atoms with Crippen LogP contribution in [0, 0.1) is 6.92 Å². The molecule has 1 aliphatic rings. The van der Waals surface area contributed by atoms with Gasteiger partial charge in [0.15, 0.2) is 5.13 Å². The topological polar surface area (TPSA) is 104 Å². The van der Waals surface area contributed by atoms with E-state index in [-0.39, 0.29) is 22.9 Å². The number of hydrogen-bond donors (Lipinski definition) is 2.